The molecule has 0 saturated carbocycles. The molecule has 1 amide bonds. The Kier molecular flexibility index (Phi) is 3.26. The maximum atomic E-state index is 11.0. The zero-order chi connectivity index (χ0) is 12.4. The topological polar surface area (TPSA) is 68.9 Å². The average molecular weight is 268 g/mol. The lowest BCUT2D eigenvalue weighted by molar-refractivity contribution is 0.0995. The first-order chi connectivity index (χ1) is 8.09. The van der Waals surface area contributed by atoms with E-state index < -0.39 is 5.91 Å². The molecule has 6 heteroatoms. The highest BCUT2D eigenvalue weighted by Crippen LogP contribution is 2.31. The molecule has 0 spiro atoms. The second kappa shape index (κ2) is 4.69. The molecule has 1 aromatic heterocycles. The van der Waals surface area contributed by atoms with Gasteiger partial charge in [-0.1, -0.05) is 29.3 Å². The Balaban J connectivity index is 2.57. The number of carbonyl (C=O) groups is 1. The number of aromatic nitrogens is 2. The van der Waals surface area contributed by atoms with E-state index in [1.54, 1.807) is 18.2 Å². The van der Waals surface area contributed by atoms with Crippen LogP contribution in [0.25, 0.3) is 11.4 Å². The highest BCUT2D eigenvalue weighted by molar-refractivity contribution is 6.43. The predicted molar refractivity (Wildman–Crippen MR) is 66.0 cm³/mol. The van der Waals surface area contributed by atoms with Gasteiger partial charge < -0.3 is 5.73 Å². The third-order valence-corrected chi connectivity index (χ3v) is 2.92. The quantitative estimate of drug-likeness (QED) is 0.909. The Morgan fingerprint density at radius 3 is 2.71 bits per heavy atom. The van der Waals surface area contributed by atoms with E-state index >= 15 is 0 Å². The van der Waals surface area contributed by atoms with Gasteiger partial charge in [-0.3, -0.25) is 4.79 Å². The molecule has 0 aliphatic carbocycles. The number of amides is 1. The molecule has 0 aliphatic heterocycles. The van der Waals surface area contributed by atoms with Crippen molar-refractivity contribution in [3.63, 3.8) is 0 Å². The van der Waals surface area contributed by atoms with Crippen LogP contribution in [0.1, 0.15) is 10.5 Å². The number of halogens is 2. The fraction of sp³-hybridized carbons (Fsp3) is 0. The SMILES string of the molecule is NC(=O)c1ccnc(-c2cccc(Cl)c2Cl)n1. The summed E-state index contributed by atoms with van der Waals surface area (Å²) in [7, 11) is 0. The molecule has 1 aromatic carbocycles. The molecule has 2 N–H and O–H groups in total. The average Bonchev–Trinajstić information content (AvgIpc) is 2.33. The summed E-state index contributed by atoms with van der Waals surface area (Å²) < 4.78 is 0. The van der Waals surface area contributed by atoms with Gasteiger partial charge in [0.1, 0.15) is 5.69 Å². The lowest BCUT2D eigenvalue weighted by Crippen LogP contribution is -2.13. The van der Waals surface area contributed by atoms with Crippen LogP contribution in [0.5, 0.6) is 0 Å². The molecule has 0 unspecified atom stereocenters. The van der Waals surface area contributed by atoms with Crippen LogP contribution in [0.2, 0.25) is 10.0 Å². The minimum absolute atomic E-state index is 0.131. The highest BCUT2D eigenvalue weighted by Gasteiger charge is 2.11. The van der Waals surface area contributed by atoms with E-state index in [1.807, 2.05) is 0 Å². The third kappa shape index (κ3) is 2.38. The second-order valence-corrected chi connectivity index (χ2v) is 4.02. The normalized spacial score (nSPS) is 10.2. The van der Waals surface area contributed by atoms with Crippen molar-refractivity contribution in [3.8, 4) is 11.4 Å². The first kappa shape index (κ1) is 11.8. The van der Waals surface area contributed by atoms with Gasteiger partial charge in [0.25, 0.3) is 5.91 Å². The van der Waals surface area contributed by atoms with Gasteiger partial charge in [-0.25, -0.2) is 9.97 Å². The molecule has 0 saturated heterocycles. The van der Waals surface area contributed by atoms with Gasteiger partial charge in [0.15, 0.2) is 5.82 Å². The van der Waals surface area contributed by atoms with Gasteiger partial charge in [0.2, 0.25) is 0 Å². The van der Waals surface area contributed by atoms with Crippen LogP contribution in [-0.2, 0) is 0 Å². The maximum absolute atomic E-state index is 11.0. The Bertz CT molecular complexity index is 587. The molecule has 0 bridgehead atoms. The summed E-state index contributed by atoms with van der Waals surface area (Å²) in [6.07, 6.45) is 1.44. The monoisotopic (exact) mass is 267 g/mol. The summed E-state index contributed by atoms with van der Waals surface area (Å²) >= 11 is 11.9. The van der Waals surface area contributed by atoms with Gasteiger partial charge in [0.05, 0.1) is 10.0 Å². The van der Waals surface area contributed by atoms with E-state index in [9.17, 15) is 4.79 Å². The summed E-state index contributed by atoms with van der Waals surface area (Å²) in [6.45, 7) is 0. The summed E-state index contributed by atoms with van der Waals surface area (Å²) in [4.78, 5) is 19.1. The fourth-order valence-electron chi connectivity index (χ4n) is 1.30. The van der Waals surface area contributed by atoms with E-state index in [4.69, 9.17) is 28.9 Å². The first-order valence-electron chi connectivity index (χ1n) is 4.67. The number of primary amides is 1. The smallest absolute Gasteiger partial charge is 0.267 e. The van der Waals surface area contributed by atoms with Crippen molar-refractivity contribution < 1.29 is 4.79 Å². The molecule has 0 atom stereocenters. The van der Waals surface area contributed by atoms with Crippen LogP contribution in [0.15, 0.2) is 30.5 Å². The van der Waals surface area contributed by atoms with Crippen LogP contribution in [0.3, 0.4) is 0 Å². The lowest BCUT2D eigenvalue weighted by atomic mass is 10.2. The van der Waals surface area contributed by atoms with E-state index in [-0.39, 0.29) is 5.69 Å². The zero-order valence-corrected chi connectivity index (χ0v) is 10.0. The first-order valence-corrected chi connectivity index (χ1v) is 5.42. The van der Waals surface area contributed by atoms with E-state index in [0.29, 0.717) is 21.4 Å². The lowest BCUT2D eigenvalue weighted by Gasteiger charge is -2.04. The van der Waals surface area contributed by atoms with Crippen LogP contribution in [0, 0.1) is 0 Å². The molecule has 17 heavy (non-hydrogen) atoms. The summed E-state index contributed by atoms with van der Waals surface area (Å²) in [5, 5.41) is 0.744. The molecule has 2 aromatic rings. The largest absolute Gasteiger partial charge is 0.364 e. The highest BCUT2D eigenvalue weighted by atomic mass is 35.5. The van der Waals surface area contributed by atoms with E-state index in [1.165, 1.54) is 12.3 Å². The Hall–Kier alpha value is -1.65. The van der Waals surface area contributed by atoms with Crippen molar-refractivity contribution in [2.75, 3.05) is 0 Å². The Labute approximate surface area is 107 Å². The Morgan fingerprint density at radius 1 is 1.24 bits per heavy atom. The molecule has 2 rings (SSSR count). The molecule has 1 heterocycles. The van der Waals surface area contributed by atoms with Gasteiger partial charge in [-0.05, 0) is 18.2 Å². The van der Waals surface area contributed by atoms with Gasteiger partial charge >= 0.3 is 0 Å². The summed E-state index contributed by atoms with van der Waals surface area (Å²) in [6, 6.07) is 6.54. The van der Waals surface area contributed by atoms with Crippen molar-refractivity contribution in [2.24, 2.45) is 5.73 Å². The van der Waals surface area contributed by atoms with Crippen molar-refractivity contribution in [2.45, 2.75) is 0 Å². The third-order valence-electron chi connectivity index (χ3n) is 2.10. The van der Waals surface area contributed by atoms with E-state index in [0.717, 1.165) is 0 Å². The van der Waals surface area contributed by atoms with Crippen molar-refractivity contribution in [1.29, 1.82) is 0 Å². The summed E-state index contributed by atoms with van der Waals surface area (Å²) in [5.41, 5.74) is 5.83. The fourth-order valence-corrected chi connectivity index (χ4v) is 1.69. The van der Waals surface area contributed by atoms with Crippen LogP contribution in [-0.4, -0.2) is 15.9 Å². The molecule has 0 fully saturated rings. The van der Waals surface area contributed by atoms with Gasteiger partial charge in [-0.15, -0.1) is 0 Å². The number of benzene rings is 1. The van der Waals surface area contributed by atoms with Gasteiger partial charge in [-0.2, -0.15) is 0 Å². The maximum Gasteiger partial charge on any atom is 0.267 e. The zero-order valence-electron chi connectivity index (χ0n) is 8.52. The van der Waals surface area contributed by atoms with Crippen molar-refractivity contribution in [1.82, 2.24) is 9.97 Å². The second-order valence-electron chi connectivity index (χ2n) is 3.23. The van der Waals surface area contributed by atoms with Crippen LogP contribution in [0.4, 0.5) is 0 Å². The molecule has 86 valence electrons. The summed E-state index contributed by atoms with van der Waals surface area (Å²) in [5.74, 6) is -0.305. The number of hydrogen-bond donors (Lipinski definition) is 1. The van der Waals surface area contributed by atoms with Gasteiger partial charge in [0, 0.05) is 11.8 Å². The molecule has 0 aliphatic rings. The Morgan fingerprint density at radius 2 is 2.00 bits per heavy atom. The number of nitrogens with two attached hydrogens (primary N) is 1. The molecule has 4 nitrogen and oxygen atoms in total. The number of nitrogens with zero attached hydrogens (tertiary/aromatic N) is 2. The number of hydrogen-bond acceptors (Lipinski definition) is 3. The standard InChI is InChI=1S/C11H7Cl2N3O/c12-7-3-1-2-6(9(7)13)11-15-5-4-8(16-11)10(14)17/h1-5H,(H2,14,17). The van der Waals surface area contributed by atoms with E-state index in [2.05, 4.69) is 9.97 Å². The van der Waals surface area contributed by atoms with Crippen molar-refractivity contribution in [3.05, 3.63) is 46.2 Å². The minimum atomic E-state index is -0.619. The van der Waals surface area contributed by atoms with Crippen LogP contribution >= 0.6 is 23.2 Å². The van der Waals surface area contributed by atoms with Crippen LogP contribution < -0.4 is 5.73 Å². The molecule has 0 radical (unpaired) electrons. The number of carbonyl (C=O) groups excluding carboxylic acids is 1. The molecular weight excluding hydrogens is 261 g/mol. The molecular formula is C11H7Cl2N3O. The van der Waals surface area contributed by atoms with Crippen molar-refractivity contribution >= 4 is 29.1 Å². The predicted octanol–water partition coefficient (Wildman–Crippen LogP) is 2.55. The minimum Gasteiger partial charge on any atom is -0.364 e. The number of rotatable bonds is 2.